The van der Waals surface area contributed by atoms with E-state index >= 15 is 0 Å². The van der Waals surface area contributed by atoms with E-state index in [1.54, 1.807) is 7.11 Å². The Morgan fingerprint density at radius 2 is 2.00 bits per heavy atom. The molecule has 3 heteroatoms. The van der Waals surface area contributed by atoms with Crippen molar-refractivity contribution in [2.45, 2.75) is 31.7 Å². The maximum atomic E-state index is 5.86. The van der Waals surface area contributed by atoms with Gasteiger partial charge in [-0.05, 0) is 25.5 Å². The summed E-state index contributed by atoms with van der Waals surface area (Å²) in [6, 6.07) is 10.5. The first kappa shape index (κ1) is 13.2. The van der Waals surface area contributed by atoms with E-state index in [2.05, 4.69) is 44.2 Å². The van der Waals surface area contributed by atoms with Crippen LogP contribution in [-0.4, -0.2) is 25.2 Å². The molecule has 0 amide bonds. The van der Waals surface area contributed by atoms with Gasteiger partial charge in [0.1, 0.15) is 6.61 Å². The van der Waals surface area contributed by atoms with E-state index in [4.69, 9.17) is 14.5 Å². The van der Waals surface area contributed by atoms with Crippen molar-refractivity contribution in [2.75, 3.05) is 13.7 Å². The molecule has 1 aromatic rings. The van der Waals surface area contributed by atoms with Gasteiger partial charge in [-0.1, -0.05) is 30.3 Å². The quantitative estimate of drug-likeness (QED) is 0.842. The highest BCUT2D eigenvalue weighted by Gasteiger charge is 2.39. The Bertz CT molecular complexity index is 545. The lowest BCUT2D eigenvalue weighted by atomic mass is 9.88. The summed E-state index contributed by atoms with van der Waals surface area (Å²) in [5, 5.41) is 0. The summed E-state index contributed by atoms with van der Waals surface area (Å²) in [6.07, 6.45) is 3.07. The summed E-state index contributed by atoms with van der Waals surface area (Å²) >= 11 is 0. The Kier molecular flexibility index (Phi) is 3.28. The van der Waals surface area contributed by atoms with Crippen molar-refractivity contribution in [3.05, 3.63) is 47.7 Å². The van der Waals surface area contributed by atoms with E-state index < -0.39 is 0 Å². The molecular formula is C17H21NO2. The zero-order valence-corrected chi connectivity index (χ0v) is 12.3. The topological polar surface area (TPSA) is 30.8 Å². The molecule has 1 heterocycles. The Balaban J connectivity index is 1.91. The van der Waals surface area contributed by atoms with Crippen LogP contribution in [0.1, 0.15) is 31.7 Å². The Labute approximate surface area is 120 Å². The molecule has 0 aromatic heterocycles. The second-order valence-electron chi connectivity index (χ2n) is 6.14. The minimum atomic E-state index is -0.105. The fraction of sp³-hybridized carbons (Fsp3) is 0.471. The number of ether oxygens (including phenoxy) is 2. The van der Waals surface area contributed by atoms with Gasteiger partial charge < -0.3 is 9.47 Å². The van der Waals surface area contributed by atoms with Crippen LogP contribution in [0.2, 0.25) is 0 Å². The SMILES string of the molecule is COC1=C[C@H](c2ccccc2)[C@@H](C2=NC(C)(C)CO2)C1. The first-order valence-electron chi connectivity index (χ1n) is 7.11. The van der Waals surface area contributed by atoms with Crippen LogP contribution in [0.3, 0.4) is 0 Å². The monoisotopic (exact) mass is 271 g/mol. The second-order valence-corrected chi connectivity index (χ2v) is 6.14. The highest BCUT2D eigenvalue weighted by molar-refractivity contribution is 5.83. The minimum Gasteiger partial charge on any atom is -0.501 e. The van der Waals surface area contributed by atoms with Crippen molar-refractivity contribution in [3.63, 3.8) is 0 Å². The maximum absolute atomic E-state index is 5.86. The number of aliphatic imine (C=N–C) groups is 1. The van der Waals surface area contributed by atoms with Gasteiger partial charge >= 0.3 is 0 Å². The standard InChI is InChI=1S/C17H21NO2/c1-17(2)11-20-16(18-17)15-10-13(19-3)9-14(15)12-7-5-4-6-8-12/h4-9,14-15H,10-11H2,1-3H3/t14-,15+/m1/s1. The summed E-state index contributed by atoms with van der Waals surface area (Å²) in [4.78, 5) is 4.75. The summed E-state index contributed by atoms with van der Waals surface area (Å²) in [5.41, 5.74) is 1.19. The molecule has 106 valence electrons. The van der Waals surface area contributed by atoms with Crippen molar-refractivity contribution in [1.29, 1.82) is 0 Å². The average molecular weight is 271 g/mol. The molecule has 0 spiro atoms. The fourth-order valence-corrected chi connectivity index (χ4v) is 2.93. The van der Waals surface area contributed by atoms with Gasteiger partial charge in [-0.25, -0.2) is 4.99 Å². The van der Waals surface area contributed by atoms with Crippen LogP contribution in [0.25, 0.3) is 0 Å². The van der Waals surface area contributed by atoms with Gasteiger partial charge in [-0.3, -0.25) is 0 Å². The summed E-state index contributed by atoms with van der Waals surface area (Å²) in [7, 11) is 1.73. The Hall–Kier alpha value is -1.77. The molecule has 3 rings (SSSR count). The first-order valence-corrected chi connectivity index (χ1v) is 7.11. The van der Waals surface area contributed by atoms with Gasteiger partial charge in [0, 0.05) is 12.3 Å². The molecular weight excluding hydrogens is 250 g/mol. The van der Waals surface area contributed by atoms with Crippen LogP contribution in [-0.2, 0) is 9.47 Å². The van der Waals surface area contributed by atoms with Gasteiger partial charge in [0.2, 0.25) is 0 Å². The molecule has 0 saturated carbocycles. The van der Waals surface area contributed by atoms with Crippen LogP contribution < -0.4 is 0 Å². The van der Waals surface area contributed by atoms with Crippen LogP contribution in [0.5, 0.6) is 0 Å². The molecule has 0 fully saturated rings. The molecule has 1 aliphatic carbocycles. The predicted molar refractivity (Wildman–Crippen MR) is 79.8 cm³/mol. The number of methoxy groups -OCH3 is 1. The van der Waals surface area contributed by atoms with E-state index in [0.29, 0.717) is 12.5 Å². The van der Waals surface area contributed by atoms with Gasteiger partial charge in [0.05, 0.1) is 24.3 Å². The van der Waals surface area contributed by atoms with Gasteiger partial charge in [0.15, 0.2) is 5.90 Å². The Morgan fingerprint density at radius 1 is 1.25 bits per heavy atom. The fourth-order valence-electron chi connectivity index (χ4n) is 2.93. The lowest BCUT2D eigenvalue weighted by Gasteiger charge is -2.18. The summed E-state index contributed by atoms with van der Waals surface area (Å²) < 4.78 is 11.3. The number of rotatable bonds is 3. The molecule has 1 aromatic carbocycles. The summed E-state index contributed by atoms with van der Waals surface area (Å²) in [6.45, 7) is 4.89. The first-order chi connectivity index (χ1) is 9.59. The molecule has 0 bridgehead atoms. The van der Waals surface area contributed by atoms with E-state index in [9.17, 15) is 0 Å². The van der Waals surface area contributed by atoms with Gasteiger partial charge in [-0.2, -0.15) is 0 Å². The van der Waals surface area contributed by atoms with Gasteiger partial charge in [0.25, 0.3) is 0 Å². The molecule has 3 nitrogen and oxygen atoms in total. The normalized spacial score (nSPS) is 27.8. The van der Waals surface area contributed by atoms with Crippen LogP contribution >= 0.6 is 0 Å². The molecule has 0 radical (unpaired) electrons. The highest BCUT2D eigenvalue weighted by Crippen LogP contribution is 2.41. The smallest absolute Gasteiger partial charge is 0.188 e. The number of benzene rings is 1. The number of hydrogen-bond acceptors (Lipinski definition) is 3. The van der Waals surface area contributed by atoms with Gasteiger partial charge in [-0.15, -0.1) is 0 Å². The van der Waals surface area contributed by atoms with E-state index in [1.165, 1.54) is 5.56 Å². The third kappa shape index (κ3) is 2.45. The largest absolute Gasteiger partial charge is 0.501 e. The number of allylic oxidation sites excluding steroid dienone is 2. The zero-order chi connectivity index (χ0) is 14.2. The third-order valence-electron chi connectivity index (χ3n) is 3.97. The van der Waals surface area contributed by atoms with Crippen molar-refractivity contribution in [1.82, 2.24) is 0 Å². The minimum absolute atomic E-state index is 0.105. The maximum Gasteiger partial charge on any atom is 0.188 e. The van der Waals surface area contributed by atoms with Crippen molar-refractivity contribution in [3.8, 4) is 0 Å². The highest BCUT2D eigenvalue weighted by atomic mass is 16.5. The third-order valence-corrected chi connectivity index (χ3v) is 3.97. The van der Waals surface area contributed by atoms with Crippen LogP contribution in [0.4, 0.5) is 0 Å². The zero-order valence-electron chi connectivity index (χ0n) is 12.3. The van der Waals surface area contributed by atoms with E-state index in [0.717, 1.165) is 18.1 Å². The molecule has 1 aliphatic heterocycles. The van der Waals surface area contributed by atoms with Crippen LogP contribution in [0, 0.1) is 5.92 Å². The molecule has 20 heavy (non-hydrogen) atoms. The Morgan fingerprint density at radius 3 is 2.60 bits per heavy atom. The average Bonchev–Trinajstić information content (AvgIpc) is 3.03. The number of hydrogen-bond donors (Lipinski definition) is 0. The molecule has 0 saturated heterocycles. The lowest BCUT2D eigenvalue weighted by Crippen LogP contribution is -2.18. The van der Waals surface area contributed by atoms with Crippen molar-refractivity contribution in [2.24, 2.45) is 10.9 Å². The molecule has 2 atom stereocenters. The molecule has 2 aliphatic rings. The number of nitrogens with zero attached hydrogens (tertiary/aromatic N) is 1. The lowest BCUT2D eigenvalue weighted by molar-refractivity contribution is 0.253. The summed E-state index contributed by atoms with van der Waals surface area (Å²) in [5.74, 6) is 2.46. The van der Waals surface area contributed by atoms with Crippen molar-refractivity contribution < 1.29 is 9.47 Å². The van der Waals surface area contributed by atoms with Crippen molar-refractivity contribution >= 4 is 5.90 Å². The second kappa shape index (κ2) is 4.97. The van der Waals surface area contributed by atoms with E-state index in [1.807, 2.05) is 6.07 Å². The molecule has 0 unspecified atom stereocenters. The van der Waals surface area contributed by atoms with Crippen LogP contribution in [0.15, 0.2) is 47.2 Å². The van der Waals surface area contributed by atoms with E-state index in [-0.39, 0.29) is 11.5 Å². The molecule has 0 N–H and O–H groups in total. The predicted octanol–water partition coefficient (Wildman–Crippen LogP) is 3.53.